The quantitative estimate of drug-likeness (QED) is 0.726. The molecule has 118 valence electrons. The van der Waals surface area contributed by atoms with Crippen molar-refractivity contribution in [1.29, 1.82) is 0 Å². The van der Waals surface area contributed by atoms with Crippen molar-refractivity contribution in [3.05, 3.63) is 72.3 Å². The molecule has 0 aliphatic carbocycles. The third kappa shape index (κ3) is 4.06. The van der Waals surface area contributed by atoms with Crippen molar-refractivity contribution < 1.29 is 9.90 Å². The van der Waals surface area contributed by atoms with E-state index in [4.69, 9.17) is 0 Å². The molecule has 23 heavy (non-hydrogen) atoms. The fourth-order valence-corrected chi connectivity index (χ4v) is 2.53. The summed E-state index contributed by atoms with van der Waals surface area (Å²) in [7, 11) is 0. The zero-order valence-corrected chi connectivity index (χ0v) is 12.7. The molecule has 0 saturated heterocycles. The van der Waals surface area contributed by atoms with Gasteiger partial charge in [0.2, 0.25) is 0 Å². The van der Waals surface area contributed by atoms with E-state index in [0.717, 1.165) is 37.1 Å². The Hall–Kier alpha value is -2.89. The highest BCUT2D eigenvalue weighted by atomic mass is 16.4. The zero-order chi connectivity index (χ0) is 16.1. The number of carboxylic acids is 1. The number of carboxylic acid groups (broad SMARTS) is 1. The van der Waals surface area contributed by atoms with Gasteiger partial charge >= 0.3 is 5.97 Å². The molecule has 3 aromatic rings. The van der Waals surface area contributed by atoms with Gasteiger partial charge < -0.3 is 14.2 Å². The molecule has 0 spiro atoms. The molecule has 1 N–H and O–H groups in total. The average Bonchev–Trinajstić information content (AvgIpc) is 3.24. The summed E-state index contributed by atoms with van der Waals surface area (Å²) < 4.78 is 3.97. The van der Waals surface area contributed by atoms with Gasteiger partial charge in [0.15, 0.2) is 0 Å². The molecule has 0 aliphatic heterocycles. The van der Waals surface area contributed by atoms with E-state index in [1.54, 1.807) is 37.2 Å². The van der Waals surface area contributed by atoms with E-state index in [1.807, 2.05) is 21.5 Å². The van der Waals surface area contributed by atoms with E-state index >= 15 is 0 Å². The molecule has 0 atom stereocenters. The van der Waals surface area contributed by atoms with Crippen LogP contribution in [0.4, 0.5) is 0 Å². The predicted molar refractivity (Wildman–Crippen MR) is 85.3 cm³/mol. The van der Waals surface area contributed by atoms with Gasteiger partial charge in [0.05, 0.1) is 18.2 Å². The first-order chi connectivity index (χ1) is 11.2. The molecule has 6 nitrogen and oxygen atoms in total. The van der Waals surface area contributed by atoms with Gasteiger partial charge in [-0.3, -0.25) is 0 Å². The highest BCUT2D eigenvalue weighted by Gasteiger charge is 2.08. The third-order valence-electron chi connectivity index (χ3n) is 3.74. The van der Waals surface area contributed by atoms with Crippen LogP contribution in [0.25, 0.3) is 0 Å². The molecule has 3 rings (SSSR count). The van der Waals surface area contributed by atoms with Crippen molar-refractivity contribution in [2.75, 3.05) is 0 Å². The van der Waals surface area contributed by atoms with E-state index in [9.17, 15) is 9.90 Å². The zero-order valence-electron chi connectivity index (χ0n) is 12.7. The Balaban J connectivity index is 1.73. The lowest BCUT2D eigenvalue weighted by molar-refractivity contribution is 0.0696. The first-order valence-electron chi connectivity index (χ1n) is 7.48. The summed E-state index contributed by atoms with van der Waals surface area (Å²) in [6.07, 6.45) is 12.4. The second-order valence-electron chi connectivity index (χ2n) is 5.44. The molecular weight excluding hydrogens is 292 g/mol. The van der Waals surface area contributed by atoms with Crippen LogP contribution in [0, 0.1) is 0 Å². The van der Waals surface area contributed by atoms with E-state index < -0.39 is 5.97 Å². The van der Waals surface area contributed by atoms with Gasteiger partial charge in [-0.15, -0.1) is 0 Å². The number of carbonyl (C=O) groups is 1. The number of hydrogen-bond acceptors (Lipinski definition) is 3. The van der Waals surface area contributed by atoms with Crippen LogP contribution in [0.5, 0.6) is 0 Å². The normalized spacial score (nSPS) is 10.8. The van der Waals surface area contributed by atoms with Crippen LogP contribution in [-0.4, -0.2) is 30.2 Å². The van der Waals surface area contributed by atoms with Crippen LogP contribution < -0.4 is 0 Å². The summed E-state index contributed by atoms with van der Waals surface area (Å²) in [5.74, 6) is -0.890. The number of rotatable bonds is 7. The summed E-state index contributed by atoms with van der Waals surface area (Å²) in [5.41, 5.74) is 2.40. The van der Waals surface area contributed by atoms with E-state index in [1.165, 1.54) is 0 Å². The van der Waals surface area contributed by atoms with Gasteiger partial charge in [0, 0.05) is 37.9 Å². The Morgan fingerprint density at radius 2 is 1.43 bits per heavy atom. The Kier molecular flexibility index (Phi) is 4.52. The van der Waals surface area contributed by atoms with Crippen LogP contribution in [0.2, 0.25) is 0 Å². The Labute approximate surface area is 134 Å². The maximum atomic E-state index is 11.3. The topological polar surface area (TPSA) is 72.9 Å². The predicted octanol–water partition coefficient (Wildman–Crippen LogP) is 2.26. The SMILES string of the molecule is O=C(O)c1cc(CCn2ccnc2)cc(CCn2ccnc2)c1. The largest absolute Gasteiger partial charge is 0.478 e. The number of benzene rings is 1. The monoisotopic (exact) mass is 310 g/mol. The number of hydrogen-bond donors (Lipinski definition) is 1. The van der Waals surface area contributed by atoms with E-state index in [-0.39, 0.29) is 0 Å². The summed E-state index contributed by atoms with van der Waals surface area (Å²) in [4.78, 5) is 19.4. The molecule has 0 fully saturated rings. The summed E-state index contributed by atoms with van der Waals surface area (Å²) >= 11 is 0. The Bertz CT molecular complexity index is 708. The number of aryl methyl sites for hydroxylation is 4. The van der Waals surface area contributed by atoms with Crippen LogP contribution >= 0.6 is 0 Å². The molecule has 0 unspecified atom stereocenters. The Morgan fingerprint density at radius 3 is 1.83 bits per heavy atom. The first-order valence-corrected chi connectivity index (χ1v) is 7.48. The van der Waals surface area contributed by atoms with Crippen molar-refractivity contribution >= 4 is 5.97 Å². The summed E-state index contributed by atoms with van der Waals surface area (Å²) in [6, 6.07) is 5.58. The van der Waals surface area contributed by atoms with Gasteiger partial charge in [0.25, 0.3) is 0 Å². The fourth-order valence-electron chi connectivity index (χ4n) is 2.53. The van der Waals surface area contributed by atoms with Crippen LogP contribution in [-0.2, 0) is 25.9 Å². The molecule has 0 radical (unpaired) electrons. The Morgan fingerprint density at radius 1 is 0.913 bits per heavy atom. The highest BCUT2D eigenvalue weighted by molar-refractivity contribution is 5.88. The fraction of sp³-hybridized carbons (Fsp3) is 0.235. The molecular formula is C17H18N4O2. The van der Waals surface area contributed by atoms with Gasteiger partial charge in [-0.05, 0) is 36.1 Å². The van der Waals surface area contributed by atoms with E-state index in [2.05, 4.69) is 16.0 Å². The van der Waals surface area contributed by atoms with Crippen molar-refractivity contribution in [2.45, 2.75) is 25.9 Å². The van der Waals surface area contributed by atoms with Crippen molar-refractivity contribution in [3.8, 4) is 0 Å². The molecule has 0 aliphatic rings. The van der Waals surface area contributed by atoms with Crippen LogP contribution in [0.1, 0.15) is 21.5 Å². The van der Waals surface area contributed by atoms with Crippen molar-refractivity contribution in [1.82, 2.24) is 19.1 Å². The first kappa shape index (κ1) is 15.0. The minimum atomic E-state index is -0.890. The van der Waals surface area contributed by atoms with E-state index in [0.29, 0.717) is 5.56 Å². The molecule has 0 saturated carbocycles. The standard InChI is InChI=1S/C17H18N4O2/c22-17(23)16-10-14(1-5-20-7-3-18-12-20)9-15(11-16)2-6-21-8-4-19-13-21/h3-4,7-13H,1-2,5-6H2,(H,22,23). The minimum absolute atomic E-state index is 0.341. The minimum Gasteiger partial charge on any atom is -0.478 e. The number of aromatic carboxylic acids is 1. The van der Waals surface area contributed by atoms with Gasteiger partial charge in [-0.25, -0.2) is 14.8 Å². The van der Waals surface area contributed by atoms with Gasteiger partial charge in [-0.1, -0.05) is 6.07 Å². The number of imidazole rings is 2. The van der Waals surface area contributed by atoms with Crippen LogP contribution in [0.3, 0.4) is 0 Å². The molecule has 1 aromatic carbocycles. The van der Waals surface area contributed by atoms with Crippen molar-refractivity contribution in [2.24, 2.45) is 0 Å². The maximum Gasteiger partial charge on any atom is 0.335 e. The third-order valence-corrected chi connectivity index (χ3v) is 3.74. The molecule has 2 aromatic heterocycles. The lowest BCUT2D eigenvalue weighted by Crippen LogP contribution is -2.05. The lowest BCUT2D eigenvalue weighted by atomic mass is 10.0. The van der Waals surface area contributed by atoms with Gasteiger partial charge in [0.1, 0.15) is 0 Å². The summed E-state index contributed by atoms with van der Waals surface area (Å²) in [5, 5.41) is 9.31. The number of aromatic nitrogens is 4. The maximum absolute atomic E-state index is 11.3. The molecule has 0 amide bonds. The second-order valence-corrected chi connectivity index (χ2v) is 5.44. The second kappa shape index (κ2) is 6.91. The average molecular weight is 310 g/mol. The molecule has 6 heteroatoms. The smallest absolute Gasteiger partial charge is 0.335 e. The molecule has 2 heterocycles. The summed E-state index contributed by atoms with van der Waals surface area (Å²) in [6.45, 7) is 1.56. The number of nitrogens with zero attached hydrogens (tertiary/aromatic N) is 4. The van der Waals surface area contributed by atoms with Gasteiger partial charge in [-0.2, -0.15) is 0 Å². The lowest BCUT2D eigenvalue weighted by Gasteiger charge is -2.09. The van der Waals surface area contributed by atoms with Crippen molar-refractivity contribution in [3.63, 3.8) is 0 Å². The highest BCUT2D eigenvalue weighted by Crippen LogP contribution is 2.14. The van der Waals surface area contributed by atoms with Crippen LogP contribution in [0.15, 0.2) is 55.6 Å². The molecule has 0 bridgehead atoms.